The second-order valence-corrected chi connectivity index (χ2v) is 6.73. The molecule has 0 saturated carbocycles. The summed E-state index contributed by atoms with van der Waals surface area (Å²) in [5.74, 6) is -1.14. The van der Waals surface area contributed by atoms with E-state index in [1.54, 1.807) is 20.8 Å². The van der Waals surface area contributed by atoms with Crippen molar-refractivity contribution in [2.75, 3.05) is 0 Å². The van der Waals surface area contributed by atoms with Gasteiger partial charge >= 0.3 is 12.1 Å². The van der Waals surface area contributed by atoms with Gasteiger partial charge in [0.15, 0.2) is 0 Å². The normalized spacial score (nSPS) is 19.0. The summed E-state index contributed by atoms with van der Waals surface area (Å²) in [4.78, 5) is 23.4. The molecule has 2 rings (SSSR count). The van der Waals surface area contributed by atoms with E-state index in [9.17, 15) is 14.7 Å². The topological polar surface area (TPSA) is 75.6 Å². The fourth-order valence-corrected chi connectivity index (χ4v) is 2.83. The van der Waals surface area contributed by atoms with E-state index in [0.717, 1.165) is 18.4 Å². The lowest BCUT2D eigenvalue weighted by Crippen LogP contribution is -2.49. The lowest BCUT2D eigenvalue weighted by molar-refractivity contribution is -0.141. The first-order chi connectivity index (χ1) is 10.3. The van der Waals surface area contributed by atoms with Gasteiger partial charge in [-0.25, -0.2) is 9.59 Å². The molecule has 0 aromatic heterocycles. The molecule has 2 atom stereocenters. The van der Waals surface area contributed by atoms with Gasteiger partial charge in [-0.2, -0.15) is 0 Å². The van der Waals surface area contributed by atoms with Crippen LogP contribution in [0.2, 0.25) is 0 Å². The first kappa shape index (κ1) is 16.3. The van der Waals surface area contributed by atoms with Crippen molar-refractivity contribution in [2.45, 2.75) is 51.7 Å². The first-order valence-electron chi connectivity index (χ1n) is 7.55. The van der Waals surface area contributed by atoms with Crippen molar-refractivity contribution in [1.82, 2.24) is 5.32 Å². The van der Waals surface area contributed by atoms with E-state index in [-0.39, 0.29) is 5.92 Å². The molecule has 0 fully saturated rings. The summed E-state index contributed by atoms with van der Waals surface area (Å²) < 4.78 is 5.17. The lowest BCUT2D eigenvalue weighted by Gasteiger charge is -2.30. The minimum Gasteiger partial charge on any atom is -0.480 e. The molecule has 0 heterocycles. The van der Waals surface area contributed by atoms with Crippen LogP contribution in [0.5, 0.6) is 0 Å². The molecule has 5 nitrogen and oxygen atoms in total. The van der Waals surface area contributed by atoms with Crippen LogP contribution in [0.3, 0.4) is 0 Å². The molecule has 1 amide bonds. The van der Waals surface area contributed by atoms with E-state index in [0.29, 0.717) is 6.42 Å². The van der Waals surface area contributed by atoms with Gasteiger partial charge in [0.1, 0.15) is 11.6 Å². The number of nitrogens with one attached hydrogen (secondary N) is 1. The fourth-order valence-electron chi connectivity index (χ4n) is 2.83. The number of carbonyl (C=O) groups excluding carboxylic acids is 1. The molecule has 1 aliphatic carbocycles. The van der Waals surface area contributed by atoms with Crippen LogP contribution in [0.4, 0.5) is 4.79 Å². The van der Waals surface area contributed by atoms with Gasteiger partial charge in [0.05, 0.1) is 0 Å². The zero-order valence-corrected chi connectivity index (χ0v) is 13.3. The van der Waals surface area contributed by atoms with Crippen LogP contribution in [-0.4, -0.2) is 28.8 Å². The molecule has 1 aromatic rings. The summed E-state index contributed by atoms with van der Waals surface area (Å²) in [5, 5.41) is 12.0. The number of carbonyl (C=O) groups is 2. The maximum atomic E-state index is 11.9. The number of rotatable bonds is 3. The van der Waals surface area contributed by atoms with Crippen LogP contribution >= 0.6 is 0 Å². The average molecular weight is 305 g/mol. The predicted octanol–water partition coefficient (Wildman–Crippen LogP) is 2.77. The number of aliphatic carboxylic acids is 1. The molecule has 0 aliphatic heterocycles. The van der Waals surface area contributed by atoms with Gasteiger partial charge in [-0.3, -0.25) is 0 Å². The number of alkyl carbamates (subject to hydrolysis) is 1. The number of ether oxygens (including phenoxy) is 1. The predicted molar refractivity (Wildman–Crippen MR) is 82.8 cm³/mol. The Morgan fingerprint density at radius 2 is 1.91 bits per heavy atom. The molecule has 1 aromatic carbocycles. The van der Waals surface area contributed by atoms with Gasteiger partial charge < -0.3 is 15.2 Å². The third kappa shape index (κ3) is 4.23. The largest absolute Gasteiger partial charge is 0.480 e. The number of aryl methyl sites for hydroxylation is 1. The minimum atomic E-state index is -1.02. The standard InChI is InChI=1S/C17H23NO4/c1-17(2,3)22-16(21)18-14(15(19)20)13-9-8-11-6-4-5-7-12(11)10-13/h4-7,13-14H,8-10H2,1-3H3,(H,18,21)(H,19,20)/t13-,14-/m1/s1. The highest BCUT2D eigenvalue weighted by Gasteiger charge is 2.33. The van der Waals surface area contributed by atoms with E-state index in [1.165, 1.54) is 5.56 Å². The number of hydrogen-bond acceptors (Lipinski definition) is 3. The third-order valence-corrected chi connectivity index (χ3v) is 3.79. The monoisotopic (exact) mass is 305 g/mol. The fraction of sp³-hybridized carbons (Fsp3) is 0.529. The summed E-state index contributed by atoms with van der Waals surface area (Å²) >= 11 is 0. The van der Waals surface area contributed by atoms with E-state index in [2.05, 4.69) is 11.4 Å². The van der Waals surface area contributed by atoms with Gasteiger partial charge in [0.2, 0.25) is 0 Å². The van der Waals surface area contributed by atoms with Crippen LogP contribution in [0.25, 0.3) is 0 Å². The van der Waals surface area contributed by atoms with Gasteiger partial charge in [0.25, 0.3) is 0 Å². The Labute approximate surface area is 130 Å². The molecule has 0 saturated heterocycles. The SMILES string of the molecule is CC(C)(C)OC(=O)N[C@@H](C(=O)O)[C@@H]1CCc2ccccc2C1. The Morgan fingerprint density at radius 3 is 2.50 bits per heavy atom. The van der Waals surface area contributed by atoms with Crippen LogP contribution < -0.4 is 5.32 Å². The minimum absolute atomic E-state index is 0.125. The Kier molecular flexibility index (Phi) is 4.74. The zero-order chi connectivity index (χ0) is 16.3. The van der Waals surface area contributed by atoms with E-state index < -0.39 is 23.7 Å². The molecule has 0 spiro atoms. The highest BCUT2D eigenvalue weighted by atomic mass is 16.6. The number of carboxylic acid groups (broad SMARTS) is 1. The molecule has 1 aliphatic rings. The molecule has 120 valence electrons. The van der Waals surface area contributed by atoms with Crippen molar-refractivity contribution < 1.29 is 19.4 Å². The third-order valence-electron chi connectivity index (χ3n) is 3.79. The summed E-state index contributed by atoms with van der Waals surface area (Å²) in [6, 6.07) is 7.12. The van der Waals surface area contributed by atoms with Gasteiger partial charge in [0, 0.05) is 0 Å². The molecular formula is C17H23NO4. The molecule has 2 N–H and O–H groups in total. The van der Waals surface area contributed by atoms with Gasteiger partial charge in [-0.05, 0) is 57.1 Å². The Hall–Kier alpha value is -2.04. The number of carboxylic acids is 1. The highest BCUT2D eigenvalue weighted by molar-refractivity contribution is 5.80. The van der Waals surface area contributed by atoms with Crippen LogP contribution in [0.1, 0.15) is 38.3 Å². The Bertz CT molecular complexity index is 562. The number of hydrogen-bond donors (Lipinski definition) is 2. The second kappa shape index (κ2) is 6.38. The van der Waals surface area contributed by atoms with Crippen molar-refractivity contribution in [1.29, 1.82) is 0 Å². The molecular weight excluding hydrogens is 282 g/mol. The molecule has 0 radical (unpaired) electrons. The maximum Gasteiger partial charge on any atom is 0.408 e. The van der Waals surface area contributed by atoms with Crippen LogP contribution in [0.15, 0.2) is 24.3 Å². The van der Waals surface area contributed by atoms with E-state index in [4.69, 9.17) is 4.74 Å². The maximum absolute atomic E-state index is 11.9. The van der Waals surface area contributed by atoms with E-state index in [1.807, 2.05) is 18.2 Å². The van der Waals surface area contributed by atoms with Crippen LogP contribution in [-0.2, 0) is 22.4 Å². The van der Waals surface area contributed by atoms with E-state index >= 15 is 0 Å². The summed E-state index contributed by atoms with van der Waals surface area (Å²) in [6.07, 6.45) is 1.55. The zero-order valence-electron chi connectivity index (χ0n) is 13.3. The lowest BCUT2D eigenvalue weighted by atomic mass is 9.80. The number of fused-ring (bicyclic) bond motifs is 1. The van der Waals surface area contributed by atoms with Crippen molar-refractivity contribution in [2.24, 2.45) is 5.92 Å². The average Bonchev–Trinajstić information content (AvgIpc) is 2.42. The summed E-state index contributed by atoms with van der Waals surface area (Å²) in [6.45, 7) is 5.25. The molecule has 5 heteroatoms. The summed E-state index contributed by atoms with van der Waals surface area (Å²) in [7, 11) is 0. The van der Waals surface area contributed by atoms with Crippen molar-refractivity contribution >= 4 is 12.1 Å². The number of amides is 1. The Morgan fingerprint density at radius 1 is 1.27 bits per heavy atom. The molecule has 0 bridgehead atoms. The van der Waals surface area contributed by atoms with Crippen molar-refractivity contribution in [3.05, 3.63) is 35.4 Å². The van der Waals surface area contributed by atoms with Gasteiger partial charge in [-0.1, -0.05) is 24.3 Å². The summed E-state index contributed by atoms with van der Waals surface area (Å²) in [5.41, 5.74) is 1.78. The van der Waals surface area contributed by atoms with Crippen LogP contribution in [0, 0.1) is 5.92 Å². The smallest absolute Gasteiger partial charge is 0.408 e. The quantitative estimate of drug-likeness (QED) is 0.900. The van der Waals surface area contributed by atoms with Crippen molar-refractivity contribution in [3.8, 4) is 0 Å². The second-order valence-electron chi connectivity index (χ2n) is 6.73. The first-order valence-corrected chi connectivity index (χ1v) is 7.55. The molecule has 22 heavy (non-hydrogen) atoms. The molecule has 0 unspecified atom stereocenters. The Balaban J connectivity index is 2.07. The van der Waals surface area contributed by atoms with Crippen molar-refractivity contribution in [3.63, 3.8) is 0 Å². The highest BCUT2D eigenvalue weighted by Crippen LogP contribution is 2.27. The van der Waals surface area contributed by atoms with Gasteiger partial charge in [-0.15, -0.1) is 0 Å². The number of benzene rings is 1.